The molecular formula is C23H34N4O3S. The molecule has 0 aliphatic carbocycles. The van der Waals surface area contributed by atoms with Crippen LogP contribution < -0.4 is 15.4 Å². The third-order valence-corrected chi connectivity index (χ3v) is 6.04. The maximum absolute atomic E-state index is 11.6. The van der Waals surface area contributed by atoms with Gasteiger partial charge in [-0.3, -0.25) is 0 Å². The number of aliphatic imine (C=N–C) groups is 1. The van der Waals surface area contributed by atoms with Gasteiger partial charge in [-0.1, -0.05) is 54.6 Å². The Labute approximate surface area is 186 Å². The molecule has 0 fully saturated rings. The van der Waals surface area contributed by atoms with Crippen molar-refractivity contribution in [3.63, 3.8) is 0 Å². The van der Waals surface area contributed by atoms with E-state index in [1.165, 1.54) is 12.6 Å². The molecule has 170 valence electrons. The van der Waals surface area contributed by atoms with Gasteiger partial charge in [-0.2, -0.15) is 0 Å². The molecule has 0 aliphatic heterocycles. The van der Waals surface area contributed by atoms with Gasteiger partial charge in [0.2, 0.25) is 10.0 Å². The first-order chi connectivity index (χ1) is 14.9. The lowest BCUT2D eigenvalue weighted by Crippen LogP contribution is -2.38. The minimum absolute atomic E-state index is 0.0256. The summed E-state index contributed by atoms with van der Waals surface area (Å²) in [5, 5.41) is 6.56. The van der Waals surface area contributed by atoms with E-state index in [0.29, 0.717) is 13.2 Å². The number of benzene rings is 2. The first-order valence-corrected chi connectivity index (χ1v) is 12.3. The standard InChI is InChI=1S/C23H34N4O3S/c1-4-25-23(26-15-8-16-30-19(2)22-9-6-5-7-10-22)27-17-20-11-13-21(14-12-20)18-31(28,29)24-3/h5-7,9-14,19,24H,4,8,15-18H2,1-3H3,(H2,25,26,27). The molecule has 0 saturated heterocycles. The zero-order chi connectivity index (χ0) is 22.5. The van der Waals surface area contributed by atoms with E-state index in [0.717, 1.165) is 36.6 Å². The highest BCUT2D eigenvalue weighted by atomic mass is 32.2. The number of sulfonamides is 1. The Balaban J connectivity index is 1.77. The number of ether oxygens (including phenoxy) is 1. The van der Waals surface area contributed by atoms with Crippen LogP contribution in [-0.4, -0.2) is 41.1 Å². The maximum atomic E-state index is 11.6. The molecule has 0 aliphatic rings. The molecule has 0 amide bonds. The van der Waals surface area contributed by atoms with Gasteiger partial charge in [0.05, 0.1) is 18.4 Å². The number of guanidine groups is 1. The molecular weight excluding hydrogens is 412 g/mol. The maximum Gasteiger partial charge on any atom is 0.215 e. The minimum atomic E-state index is -3.26. The van der Waals surface area contributed by atoms with E-state index in [1.54, 1.807) is 0 Å². The van der Waals surface area contributed by atoms with E-state index in [2.05, 4.69) is 39.4 Å². The van der Waals surface area contributed by atoms with Crippen LogP contribution >= 0.6 is 0 Å². The smallest absolute Gasteiger partial charge is 0.215 e. The van der Waals surface area contributed by atoms with Crippen molar-refractivity contribution in [2.75, 3.05) is 26.7 Å². The molecule has 0 aromatic heterocycles. The Morgan fingerprint density at radius 3 is 2.35 bits per heavy atom. The fourth-order valence-electron chi connectivity index (χ4n) is 2.90. The number of rotatable bonds is 12. The van der Waals surface area contributed by atoms with Crippen molar-refractivity contribution in [2.24, 2.45) is 4.99 Å². The van der Waals surface area contributed by atoms with E-state index < -0.39 is 10.0 Å². The average molecular weight is 447 g/mol. The molecule has 8 heteroatoms. The third-order valence-electron chi connectivity index (χ3n) is 4.71. The summed E-state index contributed by atoms with van der Waals surface area (Å²) in [6.07, 6.45) is 0.949. The van der Waals surface area contributed by atoms with Crippen molar-refractivity contribution < 1.29 is 13.2 Å². The minimum Gasteiger partial charge on any atom is -0.374 e. The third kappa shape index (κ3) is 9.50. The summed E-state index contributed by atoms with van der Waals surface area (Å²) in [7, 11) is -1.84. The normalized spacial score (nSPS) is 13.1. The summed E-state index contributed by atoms with van der Waals surface area (Å²) < 4.78 is 31.5. The molecule has 3 N–H and O–H groups in total. The molecule has 1 atom stereocenters. The molecule has 0 radical (unpaired) electrons. The lowest BCUT2D eigenvalue weighted by atomic mass is 10.1. The van der Waals surface area contributed by atoms with Crippen molar-refractivity contribution in [1.82, 2.24) is 15.4 Å². The van der Waals surface area contributed by atoms with Gasteiger partial charge in [-0.15, -0.1) is 0 Å². The molecule has 31 heavy (non-hydrogen) atoms. The number of hydrogen-bond acceptors (Lipinski definition) is 4. The van der Waals surface area contributed by atoms with Crippen LogP contribution in [0.25, 0.3) is 0 Å². The van der Waals surface area contributed by atoms with Crippen LogP contribution in [0.2, 0.25) is 0 Å². The van der Waals surface area contributed by atoms with Gasteiger partial charge in [0.1, 0.15) is 0 Å². The van der Waals surface area contributed by atoms with E-state index in [9.17, 15) is 8.42 Å². The van der Waals surface area contributed by atoms with Crippen molar-refractivity contribution in [1.29, 1.82) is 0 Å². The summed E-state index contributed by atoms with van der Waals surface area (Å²) in [5.41, 5.74) is 2.94. The molecule has 7 nitrogen and oxygen atoms in total. The highest BCUT2D eigenvalue weighted by Crippen LogP contribution is 2.15. The van der Waals surface area contributed by atoms with Crippen molar-refractivity contribution in [3.8, 4) is 0 Å². The Morgan fingerprint density at radius 2 is 1.71 bits per heavy atom. The zero-order valence-electron chi connectivity index (χ0n) is 18.6. The monoisotopic (exact) mass is 446 g/mol. The van der Waals surface area contributed by atoms with Crippen molar-refractivity contribution in [2.45, 2.75) is 38.7 Å². The van der Waals surface area contributed by atoms with Crippen LogP contribution in [0.5, 0.6) is 0 Å². The van der Waals surface area contributed by atoms with E-state index in [-0.39, 0.29) is 11.9 Å². The first-order valence-electron chi connectivity index (χ1n) is 10.6. The molecule has 0 heterocycles. The van der Waals surface area contributed by atoms with Crippen LogP contribution in [0.3, 0.4) is 0 Å². The van der Waals surface area contributed by atoms with Crippen LogP contribution in [-0.2, 0) is 27.1 Å². The van der Waals surface area contributed by atoms with Crippen LogP contribution in [0.1, 0.15) is 43.1 Å². The highest BCUT2D eigenvalue weighted by molar-refractivity contribution is 7.88. The SMILES string of the molecule is CCNC(=NCc1ccc(CS(=O)(=O)NC)cc1)NCCCOC(C)c1ccccc1. The summed E-state index contributed by atoms with van der Waals surface area (Å²) in [6, 6.07) is 17.7. The Bertz CT molecular complexity index is 900. The van der Waals surface area contributed by atoms with E-state index >= 15 is 0 Å². The molecule has 2 aromatic carbocycles. The largest absolute Gasteiger partial charge is 0.374 e. The summed E-state index contributed by atoms with van der Waals surface area (Å²) >= 11 is 0. The van der Waals surface area contributed by atoms with Gasteiger partial charge in [0.25, 0.3) is 0 Å². The predicted molar refractivity (Wildman–Crippen MR) is 126 cm³/mol. The summed E-state index contributed by atoms with van der Waals surface area (Å²) in [5.74, 6) is 0.725. The van der Waals surface area contributed by atoms with Gasteiger partial charge in [-0.05, 0) is 44.0 Å². The topological polar surface area (TPSA) is 91.8 Å². The average Bonchev–Trinajstić information content (AvgIpc) is 2.78. The second-order valence-corrected chi connectivity index (χ2v) is 9.11. The van der Waals surface area contributed by atoms with Gasteiger partial charge in [0, 0.05) is 19.7 Å². The molecule has 0 spiro atoms. The lowest BCUT2D eigenvalue weighted by Gasteiger charge is -2.14. The lowest BCUT2D eigenvalue weighted by molar-refractivity contribution is 0.0646. The fourth-order valence-corrected chi connectivity index (χ4v) is 3.68. The highest BCUT2D eigenvalue weighted by Gasteiger charge is 2.08. The van der Waals surface area contributed by atoms with Crippen molar-refractivity contribution >= 4 is 16.0 Å². The van der Waals surface area contributed by atoms with Gasteiger partial charge in [0.15, 0.2) is 5.96 Å². The number of nitrogens with one attached hydrogen (secondary N) is 3. The first kappa shape index (κ1) is 24.8. The number of nitrogens with zero attached hydrogens (tertiary/aromatic N) is 1. The Hall–Kier alpha value is -2.42. The number of hydrogen-bond donors (Lipinski definition) is 3. The Morgan fingerprint density at radius 1 is 1.03 bits per heavy atom. The molecule has 2 rings (SSSR count). The van der Waals surface area contributed by atoms with E-state index in [1.807, 2.05) is 49.4 Å². The Kier molecular flexibility index (Phi) is 10.5. The van der Waals surface area contributed by atoms with Crippen LogP contribution in [0.4, 0.5) is 0 Å². The quantitative estimate of drug-likeness (QED) is 0.265. The van der Waals surface area contributed by atoms with Gasteiger partial charge < -0.3 is 15.4 Å². The second-order valence-electron chi connectivity index (χ2n) is 7.18. The second kappa shape index (κ2) is 13.1. The van der Waals surface area contributed by atoms with Crippen molar-refractivity contribution in [3.05, 3.63) is 71.3 Å². The van der Waals surface area contributed by atoms with Crippen LogP contribution in [0, 0.1) is 0 Å². The van der Waals surface area contributed by atoms with Gasteiger partial charge >= 0.3 is 0 Å². The molecule has 1 unspecified atom stereocenters. The van der Waals surface area contributed by atoms with Crippen LogP contribution in [0.15, 0.2) is 59.6 Å². The summed E-state index contributed by atoms with van der Waals surface area (Å²) in [4.78, 5) is 4.61. The summed E-state index contributed by atoms with van der Waals surface area (Å²) in [6.45, 7) is 6.80. The predicted octanol–water partition coefficient (Wildman–Crippen LogP) is 2.96. The molecule has 0 saturated carbocycles. The zero-order valence-corrected chi connectivity index (χ0v) is 19.4. The molecule has 0 bridgehead atoms. The fraction of sp³-hybridized carbons (Fsp3) is 0.435. The van der Waals surface area contributed by atoms with Gasteiger partial charge in [-0.25, -0.2) is 18.1 Å². The molecule has 2 aromatic rings. The van der Waals surface area contributed by atoms with E-state index in [4.69, 9.17) is 4.74 Å².